The van der Waals surface area contributed by atoms with Gasteiger partial charge in [0.05, 0.1) is 18.1 Å². The molecule has 0 fully saturated rings. The van der Waals surface area contributed by atoms with Crippen molar-refractivity contribution in [3.05, 3.63) is 54.0 Å². The van der Waals surface area contributed by atoms with Crippen LogP contribution in [0.4, 0.5) is 0 Å². The topological polar surface area (TPSA) is 50.4 Å². The first-order valence-corrected chi connectivity index (χ1v) is 4.61. The minimum Gasteiger partial charge on any atom is -0.478 e. The Labute approximate surface area is 87.0 Å². The van der Waals surface area contributed by atoms with Gasteiger partial charge in [0.2, 0.25) is 0 Å². The number of carbonyl (C=O) groups is 1. The highest BCUT2D eigenvalue weighted by atomic mass is 16.4. The summed E-state index contributed by atoms with van der Waals surface area (Å²) in [5, 5.41) is 8.91. The van der Waals surface area contributed by atoms with Gasteiger partial charge in [-0.25, -0.2) is 4.79 Å². The monoisotopic (exact) mass is 202 g/mol. The van der Waals surface area contributed by atoms with Crippen LogP contribution in [0.25, 0.3) is 5.57 Å². The van der Waals surface area contributed by atoms with Crippen LogP contribution in [0.3, 0.4) is 0 Å². The highest BCUT2D eigenvalue weighted by Crippen LogP contribution is 2.21. The fourth-order valence-electron chi connectivity index (χ4n) is 1.42. The molecule has 2 rings (SSSR count). The highest BCUT2D eigenvalue weighted by molar-refractivity contribution is 5.94. The third-order valence-electron chi connectivity index (χ3n) is 2.18. The zero-order chi connectivity index (χ0) is 10.7. The second kappa shape index (κ2) is 4.00. The number of hydrogen-bond acceptors (Lipinski definition) is 2. The zero-order valence-electron chi connectivity index (χ0n) is 8.01. The Kier molecular flexibility index (Phi) is 2.54. The molecule has 1 aromatic rings. The largest absolute Gasteiger partial charge is 0.478 e. The van der Waals surface area contributed by atoms with Crippen molar-refractivity contribution < 1.29 is 14.3 Å². The van der Waals surface area contributed by atoms with Gasteiger partial charge in [0, 0.05) is 5.56 Å². The summed E-state index contributed by atoms with van der Waals surface area (Å²) in [6.07, 6.45) is 11.0. The van der Waals surface area contributed by atoms with Crippen LogP contribution in [0.2, 0.25) is 0 Å². The molecule has 0 unspecified atom stereocenters. The summed E-state index contributed by atoms with van der Waals surface area (Å²) in [6, 6.07) is 1.81. The van der Waals surface area contributed by atoms with E-state index in [1.54, 1.807) is 30.7 Å². The van der Waals surface area contributed by atoms with E-state index < -0.39 is 5.97 Å². The molecule has 0 radical (unpaired) electrons. The Hall–Kier alpha value is -2.03. The minimum atomic E-state index is -0.903. The van der Waals surface area contributed by atoms with E-state index in [4.69, 9.17) is 9.52 Å². The lowest BCUT2D eigenvalue weighted by Gasteiger charge is -1.97. The molecule has 0 bridgehead atoms. The highest BCUT2D eigenvalue weighted by Gasteiger charge is 2.08. The number of allylic oxidation sites excluding steroid dienone is 4. The van der Waals surface area contributed by atoms with E-state index in [2.05, 4.69) is 0 Å². The molecular weight excluding hydrogens is 192 g/mol. The first-order valence-electron chi connectivity index (χ1n) is 4.61. The van der Waals surface area contributed by atoms with Crippen LogP contribution < -0.4 is 0 Å². The molecule has 0 saturated carbocycles. The van der Waals surface area contributed by atoms with Crippen LogP contribution in [0.5, 0.6) is 0 Å². The van der Waals surface area contributed by atoms with Crippen LogP contribution in [0.15, 0.2) is 52.9 Å². The van der Waals surface area contributed by atoms with E-state index in [1.807, 2.05) is 12.2 Å². The van der Waals surface area contributed by atoms with E-state index in [1.165, 1.54) is 0 Å². The third kappa shape index (κ3) is 2.07. The lowest BCUT2D eigenvalue weighted by molar-refractivity contribution is -0.132. The van der Waals surface area contributed by atoms with E-state index >= 15 is 0 Å². The Morgan fingerprint density at radius 2 is 2.33 bits per heavy atom. The third-order valence-corrected chi connectivity index (χ3v) is 2.18. The maximum atomic E-state index is 10.9. The molecule has 0 saturated heterocycles. The molecule has 15 heavy (non-hydrogen) atoms. The van der Waals surface area contributed by atoms with Gasteiger partial charge in [-0.1, -0.05) is 18.2 Å². The molecule has 3 nitrogen and oxygen atoms in total. The van der Waals surface area contributed by atoms with Gasteiger partial charge in [-0.05, 0) is 24.1 Å². The quantitative estimate of drug-likeness (QED) is 0.802. The van der Waals surface area contributed by atoms with Crippen LogP contribution in [-0.4, -0.2) is 11.1 Å². The summed E-state index contributed by atoms with van der Waals surface area (Å²) in [5.74, 6) is -0.903. The van der Waals surface area contributed by atoms with Crippen molar-refractivity contribution in [2.24, 2.45) is 0 Å². The molecule has 1 N–H and O–H groups in total. The fraction of sp³-hybridized carbons (Fsp3) is 0.0833. The smallest absolute Gasteiger partial charge is 0.335 e. The molecule has 1 aromatic heterocycles. The molecule has 0 spiro atoms. The van der Waals surface area contributed by atoms with E-state index in [-0.39, 0.29) is 0 Å². The van der Waals surface area contributed by atoms with Crippen LogP contribution >= 0.6 is 0 Å². The number of aliphatic carboxylic acids is 1. The fourth-order valence-corrected chi connectivity index (χ4v) is 1.42. The lowest BCUT2D eigenvalue weighted by Crippen LogP contribution is -1.97. The molecule has 3 heteroatoms. The van der Waals surface area contributed by atoms with Crippen LogP contribution in [-0.2, 0) is 4.79 Å². The first kappa shape index (κ1) is 9.52. The van der Waals surface area contributed by atoms with Gasteiger partial charge < -0.3 is 9.52 Å². The van der Waals surface area contributed by atoms with Gasteiger partial charge >= 0.3 is 5.97 Å². The van der Waals surface area contributed by atoms with E-state index in [9.17, 15) is 4.79 Å². The first-order chi connectivity index (χ1) is 7.27. The van der Waals surface area contributed by atoms with Crippen LogP contribution in [0, 0.1) is 0 Å². The Balaban J connectivity index is 2.39. The van der Waals surface area contributed by atoms with Crippen molar-refractivity contribution in [1.82, 2.24) is 0 Å². The predicted octanol–water partition coefficient (Wildman–Crippen LogP) is 2.63. The van der Waals surface area contributed by atoms with E-state index in [0.29, 0.717) is 12.0 Å². The van der Waals surface area contributed by atoms with Gasteiger partial charge in [0.15, 0.2) is 0 Å². The van der Waals surface area contributed by atoms with Crippen molar-refractivity contribution in [2.45, 2.75) is 6.42 Å². The second-order valence-corrected chi connectivity index (χ2v) is 3.21. The second-order valence-electron chi connectivity index (χ2n) is 3.21. The zero-order valence-corrected chi connectivity index (χ0v) is 8.01. The summed E-state index contributed by atoms with van der Waals surface area (Å²) in [5.41, 5.74) is 2.06. The SMILES string of the molecule is O=C(O)C1=CCC=CC(c2ccoc2)=C1. The van der Waals surface area contributed by atoms with Gasteiger partial charge in [-0.15, -0.1) is 0 Å². The summed E-state index contributed by atoms with van der Waals surface area (Å²) in [6.45, 7) is 0. The van der Waals surface area contributed by atoms with Crippen molar-refractivity contribution >= 4 is 11.5 Å². The van der Waals surface area contributed by atoms with Crippen molar-refractivity contribution in [3.8, 4) is 0 Å². The number of rotatable bonds is 2. The maximum Gasteiger partial charge on any atom is 0.335 e. The van der Waals surface area contributed by atoms with E-state index in [0.717, 1.165) is 11.1 Å². The molecule has 0 amide bonds. The minimum absolute atomic E-state index is 0.316. The molecule has 1 aliphatic carbocycles. The van der Waals surface area contributed by atoms with Crippen molar-refractivity contribution in [1.29, 1.82) is 0 Å². The molecular formula is C12H10O3. The summed E-state index contributed by atoms with van der Waals surface area (Å²) in [7, 11) is 0. The van der Waals surface area contributed by atoms with Gasteiger partial charge in [-0.2, -0.15) is 0 Å². The number of hydrogen-bond donors (Lipinski definition) is 1. The van der Waals surface area contributed by atoms with Crippen molar-refractivity contribution in [3.63, 3.8) is 0 Å². The molecule has 1 aliphatic rings. The molecule has 0 aliphatic heterocycles. The standard InChI is InChI=1S/C12H10O3/c13-12(14)10-4-2-1-3-9(7-10)11-5-6-15-8-11/h1,3-8H,2H2,(H,13,14). The Morgan fingerprint density at radius 1 is 1.47 bits per heavy atom. The molecule has 1 heterocycles. The van der Waals surface area contributed by atoms with Crippen molar-refractivity contribution in [2.75, 3.05) is 0 Å². The molecule has 76 valence electrons. The average molecular weight is 202 g/mol. The Bertz CT molecular complexity index is 447. The summed E-state index contributed by atoms with van der Waals surface area (Å²) in [4.78, 5) is 10.9. The van der Waals surface area contributed by atoms with Crippen LogP contribution in [0.1, 0.15) is 12.0 Å². The maximum absolute atomic E-state index is 10.9. The molecule has 0 atom stereocenters. The summed E-state index contributed by atoms with van der Waals surface area (Å²) < 4.78 is 4.96. The number of furan rings is 1. The van der Waals surface area contributed by atoms with Gasteiger partial charge in [0.25, 0.3) is 0 Å². The normalized spacial score (nSPS) is 15.5. The number of carboxylic acid groups (broad SMARTS) is 1. The van der Waals surface area contributed by atoms with Gasteiger partial charge in [0.1, 0.15) is 0 Å². The van der Waals surface area contributed by atoms with Gasteiger partial charge in [-0.3, -0.25) is 0 Å². The molecule has 0 aromatic carbocycles. The predicted molar refractivity (Wildman–Crippen MR) is 56.2 cm³/mol. The Morgan fingerprint density at radius 3 is 3.00 bits per heavy atom. The summed E-state index contributed by atoms with van der Waals surface area (Å²) >= 11 is 0. The average Bonchev–Trinajstić information content (AvgIpc) is 2.62. The lowest BCUT2D eigenvalue weighted by atomic mass is 10.1. The number of carboxylic acids is 1.